The molecule has 1 atom stereocenters. The summed E-state index contributed by atoms with van der Waals surface area (Å²) in [6, 6.07) is 14.1. The van der Waals surface area contributed by atoms with E-state index in [-0.39, 0.29) is 5.75 Å². The van der Waals surface area contributed by atoms with Gasteiger partial charge in [-0.25, -0.2) is 18.2 Å². The van der Waals surface area contributed by atoms with Gasteiger partial charge in [0.1, 0.15) is 9.84 Å². The highest BCUT2D eigenvalue weighted by atomic mass is 32.2. The number of benzene rings is 2. The molecule has 0 bridgehead atoms. The minimum Gasteiger partial charge on any atom is -0.493 e. The van der Waals surface area contributed by atoms with Crippen LogP contribution in [0.2, 0.25) is 0 Å². The van der Waals surface area contributed by atoms with Gasteiger partial charge in [0.05, 0.1) is 31.0 Å². The summed E-state index contributed by atoms with van der Waals surface area (Å²) in [6.07, 6.45) is 2.87. The van der Waals surface area contributed by atoms with E-state index >= 15 is 0 Å². The van der Waals surface area contributed by atoms with E-state index in [0.29, 0.717) is 34.8 Å². The molecule has 0 aliphatic carbocycles. The van der Waals surface area contributed by atoms with Crippen LogP contribution in [0.1, 0.15) is 24.1 Å². The zero-order valence-electron chi connectivity index (χ0n) is 19.5. The van der Waals surface area contributed by atoms with Crippen molar-refractivity contribution in [2.24, 2.45) is 0 Å². The minimum atomic E-state index is -3.46. The average molecular weight is 482 g/mol. The Labute approximate surface area is 198 Å². The maximum absolute atomic E-state index is 13.2. The van der Waals surface area contributed by atoms with Crippen molar-refractivity contribution in [3.63, 3.8) is 0 Å². The van der Waals surface area contributed by atoms with Crippen LogP contribution in [0.5, 0.6) is 11.5 Å². The van der Waals surface area contributed by atoms with Gasteiger partial charge in [-0.2, -0.15) is 0 Å². The fourth-order valence-corrected chi connectivity index (χ4v) is 5.07. The Morgan fingerprint density at radius 1 is 1.12 bits per heavy atom. The van der Waals surface area contributed by atoms with E-state index in [1.807, 2.05) is 44.2 Å². The SMILES string of the molecule is CCOc1cc([C@@H](CS(C)(=O)=O)n2c(=O)[nH]c3c(C)c(-c4ccccc4)cnc32)ccc1OC. The second-order valence-electron chi connectivity index (χ2n) is 8.11. The highest BCUT2D eigenvalue weighted by Crippen LogP contribution is 2.34. The third-order valence-electron chi connectivity index (χ3n) is 5.73. The number of imidazole rings is 1. The summed E-state index contributed by atoms with van der Waals surface area (Å²) in [7, 11) is -1.92. The van der Waals surface area contributed by atoms with E-state index in [9.17, 15) is 13.2 Å². The monoisotopic (exact) mass is 481 g/mol. The quantitative estimate of drug-likeness (QED) is 0.411. The van der Waals surface area contributed by atoms with E-state index in [4.69, 9.17) is 9.47 Å². The summed E-state index contributed by atoms with van der Waals surface area (Å²) in [5, 5.41) is 0. The average Bonchev–Trinajstić information content (AvgIpc) is 3.14. The molecule has 1 N–H and O–H groups in total. The molecule has 0 fully saturated rings. The van der Waals surface area contributed by atoms with Crippen LogP contribution >= 0.6 is 0 Å². The first-order chi connectivity index (χ1) is 16.2. The Morgan fingerprint density at radius 2 is 1.85 bits per heavy atom. The number of nitrogens with one attached hydrogen (secondary N) is 1. The number of fused-ring (bicyclic) bond motifs is 1. The first-order valence-corrected chi connectivity index (χ1v) is 12.9. The maximum atomic E-state index is 13.2. The van der Waals surface area contributed by atoms with Crippen LogP contribution in [-0.2, 0) is 9.84 Å². The molecule has 9 heteroatoms. The van der Waals surface area contributed by atoms with Crippen molar-refractivity contribution in [1.29, 1.82) is 0 Å². The molecule has 0 spiro atoms. The number of rotatable bonds is 8. The lowest BCUT2D eigenvalue weighted by molar-refractivity contribution is 0.310. The fourth-order valence-electron chi connectivity index (χ4n) is 4.16. The number of ether oxygens (including phenoxy) is 2. The highest BCUT2D eigenvalue weighted by Gasteiger charge is 2.26. The molecule has 0 aliphatic rings. The number of methoxy groups -OCH3 is 1. The number of pyridine rings is 1. The van der Waals surface area contributed by atoms with E-state index in [1.165, 1.54) is 11.7 Å². The molecule has 0 saturated carbocycles. The van der Waals surface area contributed by atoms with Gasteiger partial charge in [-0.05, 0) is 42.7 Å². The van der Waals surface area contributed by atoms with Crippen molar-refractivity contribution >= 4 is 21.0 Å². The molecule has 0 aliphatic heterocycles. The van der Waals surface area contributed by atoms with Crippen molar-refractivity contribution in [2.45, 2.75) is 19.9 Å². The van der Waals surface area contributed by atoms with Gasteiger partial charge in [-0.15, -0.1) is 0 Å². The summed E-state index contributed by atoms with van der Waals surface area (Å²) in [4.78, 5) is 20.7. The molecular weight excluding hydrogens is 454 g/mol. The third-order valence-corrected chi connectivity index (χ3v) is 6.65. The predicted molar refractivity (Wildman–Crippen MR) is 133 cm³/mol. The van der Waals surface area contributed by atoms with Gasteiger partial charge in [0.15, 0.2) is 17.1 Å². The van der Waals surface area contributed by atoms with Crippen LogP contribution in [0.25, 0.3) is 22.3 Å². The van der Waals surface area contributed by atoms with Crippen molar-refractivity contribution < 1.29 is 17.9 Å². The normalized spacial score (nSPS) is 12.6. The molecule has 8 nitrogen and oxygen atoms in total. The van der Waals surface area contributed by atoms with Crippen molar-refractivity contribution in [2.75, 3.05) is 25.7 Å². The van der Waals surface area contributed by atoms with Crippen LogP contribution in [0, 0.1) is 6.92 Å². The topological polar surface area (TPSA) is 103 Å². The molecule has 34 heavy (non-hydrogen) atoms. The molecule has 0 amide bonds. The molecular formula is C25H27N3O5S. The number of H-pyrrole nitrogens is 1. The number of hydrogen-bond donors (Lipinski definition) is 1. The zero-order valence-corrected chi connectivity index (χ0v) is 20.3. The molecule has 0 unspecified atom stereocenters. The second kappa shape index (κ2) is 9.34. The predicted octanol–water partition coefficient (Wildman–Crippen LogP) is 3.74. The standard InChI is InChI=1S/C25H27N3O5S/c1-5-33-22-13-18(11-12-21(22)32-3)20(15-34(4,30)31)28-24-23(27-25(28)29)16(2)19(14-26-24)17-9-7-6-8-10-17/h6-14,20H,5,15H2,1-4H3,(H,27,29)/t20-/m1/s1. The molecule has 4 rings (SSSR count). The molecule has 0 saturated heterocycles. The number of aromatic nitrogens is 3. The van der Waals surface area contributed by atoms with Gasteiger partial charge in [0, 0.05) is 18.0 Å². The minimum absolute atomic E-state index is 0.279. The number of aromatic amines is 1. The van der Waals surface area contributed by atoms with Gasteiger partial charge >= 0.3 is 5.69 Å². The van der Waals surface area contributed by atoms with Crippen molar-refractivity contribution in [3.8, 4) is 22.6 Å². The van der Waals surface area contributed by atoms with Gasteiger partial charge in [0.2, 0.25) is 0 Å². The van der Waals surface area contributed by atoms with Crippen LogP contribution in [-0.4, -0.2) is 48.7 Å². The van der Waals surface area contributed by atoms with E-state index in [0.717, 1.165) is 22.9 Å². The number of aryl methyl sites for hydroxylation is 1. The Kier molecular flexibility index (Phi) is 6.47. The fraction of sp³-hybridized carbons (Fsp3) is 0.280. The van der Waals surface area contributed by atoms with E-state index in [1.54, 1.807) is 24.4 Å². The van der Waals surface area contributed by atoms with E-state index < -0.39 is 21.6 Å². The third kappa shape index (κ3) is 4.56. The van der Waals surface area contributed by atoms with Crippen LogP contribution in [0.3, 0.4) is 0 Å². The smallest absolute Gasteiger partial charge is 0.328 e. The lowest BCUT2D eigenvalue weighted by Gasteiger charge is -2.20. The lowest BCUT2D eigenvalue weighted by Crippen LogP contribution is -2.28. The van der Waals surface area contributed by atoms with Crippen LogP contribution in [0.4, 0.5) is 0 Å². The summed E-state index contributed by atoms with van der Waals surface area (Å²) in [5.74, 6) is 0.722. The van der Waals surface area contributed by atoms with Crippen molar-refractivity contribution in [3.05, 3.63) is 76.3 Å². The molecule has 178 valence electrons. The maximum Gasteiger partial charge on any atom is 0.328 e. The first-order valence-electron chi connectivity index (χ1n) is 10.9. The van der Waals surface area contributed by atoms with Crippen LogP contribution in [0.15, 0.2) is 59.5 Å². The summed E-state index contributed by atoms with van der Waals surface area (Å²) >= 11 is 0. The van der Waals surface area contributed by atoms with Gasteiger partial charge in [0.25, 0.3) is 0 Å². The van der Waals surface area contributed by atoms with Gasteiger partial charge in [-0.3, -0.25) is 4.57 Å². The highest BCUT2D eigenvalue weighted by molar-refractivity contribution is 7.90. The largest absolute Gasteiger partial charge is 0.493 e. The summed E-state index contributed by atoms with van der Waals surface area (Å²) in [5.41, 5.74) is 3.86. The van der Waals surface area contributed by atoms with Crippen LogP contribution < -0.4 is 15.2 Å². The second-order valence-corrected chi connectivity index (χ2v) is 10.3. The Bertz CT molecular complexity index is 1490. The Balaban J connectivity index is 1.92. The molecule has 4 aromatic rings. The van der Waals surface area contributed by atoms with Gasteiger partial charge < -0.3 is 14.5 Å². The Morgan fingerprint density at radius 3 is 2.50 bits per heavy atom. The zero-order chi connectivity index (χ0) is 24.5. The lowest BCUT2D eigenvalue weighted by atomic mass is 10.0. The van der Waals surface area contributed by atoms with Crippen molar-refractivity contribution in [1.82, 2.24) is 14.5 Å². The first kappa shape index (κ1) is 23.6. The number of nitrogens with zero attached hydrogens (tertiary/aromatic N) is 2. The molecule has 2 aromatic carbocycles. The molecule has 0 radical (unpaired) electrons. The van der Waals surface area contributed by atoms with E-state index in [2.05, 4.69) is 9.97 Å². The number of hydrogen-bond acceptors (Lipinski definition) is 6. The molecule has 2 heterocycles. The van der Waals surface area contributed by atoms with Gasteiger partial charge in [-0.1, -0.05) is 36.4 Å². The summed E-state index contributed by atoms with van der Waals surface area (Å²) in [6.45, 7) is 4.17. The summed E-state index contributed by atoms with van der Waals surface area (Å²) < 4.78 is 37.2. The Hall–Kier alpha value is -3.59. The molecule has 2 aromatic heterocycles. The number of sulfone groups is 1.